The molecule has 2 amide bonds. The highest BCUT2D eigenvalue weighted by molar-refractivity contribution is 5.90. The van der Waals surface area contributed by atoms with Crippen molar-refractivity contribution in [2.45, 2.75) is 12.5 Å². The zero-order valence-corrected chi connectivity index (χ0v) is 15.0. The molecule has 0 saturated carbocycles. The molecule has 7 nitrogen and oxygen atoms in total. The number of fused-ring (bicyclic) bond motifs is 1. The molecule has 0 saturated heterocycles. The lowest BCUT2D eigenvalue weighted by Gasteiger charge is -2.26. The van der Waals surface area contributed by atoms with Crippen LogP contribution in [-0.2, 0) is 6.42 Å². The molecule has 0 spiro atoms. The molecule has 1 atom stereocenters. The number of benzene rings is 2. The van der Waals surface area contributed by atoms with Gasteiger partial charge in [0, 0.05) is 11.8 Å². The van der Waals surface area contributed by atoms with Crippen molar-refractivity contribution in [3.63, 3.8) is 0 Å². The van der Waals surface area contributed by atoms with Crippen molar-refractivity contribution in [2.24, 2.45) is 0 Å². The van der Waals surface area contributed by atoms with Crippen molar-refractivity contribution >= 4 is 11.7 Å². The minimum absolute atomic E-state index is 0.130. The molecular formula is C19H22N2O5. The lowest BCUT2D eigenvalue weighted by molar-refractivity contribution is 0.222. The topological polar surface area (TPSA) is 78.1 Å². The Bertz CT molecular complexity index is 793. The van der Waals surface area contributed by atoms with Gasteiger partial charge in [0.25, 0.3) is 0 Å². The Hall–Kier alpha value is -3.09. The SMILES string of the molecule is COc1ccc2c(c1)CC(NC(=O)Nc1ccc(OC)c(OC)c1)CO2. The van der Waals surface area contributed by atoms with Crippen molar-refractivity contribution < 1.29 is 23.7 Å². The number of hydrogen-bond donors (Lipinski definition) is 2. The number of carbonyl (C=O) groups is 1. The maximum atomic E-state index is 12.3. The van der Waals surface area contributed by atoms with E-state index in [0.717, 1.165) is 17.1 Å². The van der Waals surface area contributed by atoms with Crippen LogP contribution in [0.4, 0.5) is 10.5 Å². The van der Waals surface area contributed by atoms with E-state index in [1.165, 1.54) is 0 Å². The first-order chi connectivity index (χ1) is 12.6. The zero-order valence-electron chi connectivity index (χ0n) is 15.0. The van der Waals surface area contributed by atoms with Crippen LogP contribution in [0.3, 0.4) is 0 Å². The Morgan fingerprint density at radius 2 is 1.85 bits per heavy atom. The van der Waals surface area contributed by atoms with E-state index in [-0.39, 0.29) is 12.1 Å². The Morgan fingerprint density at radius 1 is 1.04 bits per heavy atom. The Labute approximate surface area is 152 Å². The molecule has 26 heavy (non-hydrogen) atoms. The fraction of sp³-hybridized carbons (Fsp3) is 0.316. The number of urea groups is 1. The summed E-state index contributed by atoms with van der Waals surface area (Å²) in [5, 5.41) is 5.72. The summed E-state index contributed by atoms with van der Waals surface area (Å²) in [5.41, 5.74) is 1.62. The highest BCUT2D eigenvalue weighted by atomic mass is 16.5. The van der Waals surface area contributed by atoms with Gasteiger partial charge < -0.3 is 29.6 Å². The van der Waals surface area contributed by atoms with Gasteiger partial charge in [-0.25, -0.2) is 4.79 Å². The van der Waals surface area contributed by atoms with Gasteiger partial charge in [-0.1, -0.05) is 0 Å². The molecule has 0 radical (unpaired) electrons. The number of ether oxygens (including phenoxy) is 4. The number of amides is 2. The zero-order chi connectivity index (χ0) is 18.5. The highest BCUT2D eigenvalue weighted by Gasteiger charge is 2.22. The lowest BCUT2D eigenvalue weighted by Crippen LogP contribution is -2.44. The molecule has 0 aliphatic carbocycles. The summed E-state index contributed by atoms with van der Waals surface area (Å²) in [6, 6.07) is 10.4. The molecular weight excluding hydrogens is 336 g/mol. The normalized spacial score (nSPS) is 15.3. The van der Waals surface area contributed by atoms with E-state index in [1.807, 2.05) is 18.2 Å². The van der Waals surface area contributed by atoms with Gasteiger partial charge in [-0.2, -0.15) is 0 Å². The van der Waals surface area contributed by atoms with Crippen LogP contribution >= 0.6 is 0 Å². The van der Waals surface area contributed by atoms with Gasteiger partial charge in [0.05, 0.1) is 27.4 Å². The molecule has 1 aliphatic heterocycles. The molecule has 1 unspecified atom stereocenters. The van der Waals surface area contributed by atoms with Gasteiger partial charge in [-0.3, -0.25) is 0 Å². The van der Waals surface area contributed by atoms with Crippen LogP contribution in [0.25, 0.3) is 0 Å². The van der Waals surface area contributed by atoms with Crippen molar-refractivity contribution in [3.8, 4) is 23.0 Å². The second-order valence-corrected chi connectivity index (χ2v) is 5.85. The third-order valence-electron chi connectivity index (χ3n) is 4.15. The minimum atomic E-state index is -0.308. The van der Waals surface area contributed by atoms with E-state index < -0.39 is 0 Å². The predicted octanol–water partition coefficient (Wildman–Crippen LogP) is 2.84. The second-order valence-electron chi connectivity index (χ2n) is 5.85. The summed E-state index contributed by atoms with van der Waals surface area (Å²) in [6.45, 7) is 0.415. The van der Waals surface area contributed by atoms with Crippen LogP contribution in [0.15, 0.2) is 36.4 Å². The van der Waals surface area contributed by atoms with E-state index in [9.17, 15) is 4.79 Å². The summed E-state index contributed by atoms with van der Waals surface area (Å²) < 4.78 is 21.4. The Morgan fingerprint density at radius 3 is 2.58 bits per heavy atom. The van der Waals surface area contributed by atoms with E-state index in [2.05, 4.69) is 10.6 Å². The number of carbonyl (C=O) groups excluding carboxylic acids is 1. The number of nitrogens with one attached hydrogen (secondary N) is 2. The standard InChI is InChI=1S/C19H22N2O5/c1-23-15-5-7-16-12(9-15)8-14(11-26-16)21-19(22)20-13-4-6-17(24-2)18(10-13)25-3/h4-7,9-10,14H,8,11H2,1-3H3,(H2,20,21,22). The third-order valence-corrected chi connectivity index (χ3v) is 4.15. The first-order valence-corrected chi connectivity index (χ1v) is 8.22. The minimum Gasteiger partial charge on any atom is -0.497 e. The number of hydrogen-bond acceptors (Lipinski definition) is 5. The second kappa shape index (κ2) is 7.86. The van der Waals surface area contributed by atoms with Crippen LogP contribution in [0.5, 0.6) is 23.0 Å². The highest BCUT2D eigenvalue weighted by Crippen LogP contribution is 2.30. The fourth-order valence-corrected chi connectivity index (χ4v) is 2.86. The number of methoxy groups -OCH3 is 3. The maximum Gasteiger partial charge on any atom is 0.319 e. The van der Waals surface area contributed by atoms with E-state index >= 15 is 0 Å². The summed E-state index contributed by atoms with van der Waals surface area (Å²) in [7, 11) is 4.73. The van der Waals surface area contributed by atoms with E-state index in [0.29, 0.717) is 30.2 Å². The third kappa shape index (κ3) is 3.93. The van der Waals surface area contributed by atoms with Crippen molar-refractivity contribution in [3.05, 3.63) is 42.0 Å². The molecule has 1 heterocycles. The van der Waals surface area contributed by atoms with Gasteiger partial charge in [0.1, 0.15) is 18.1 Å². The molecule has 0 fully saturated rings. The molecule has 1 aliphatic rings. The van der Waals surface area contributed by atoms with Crippen LogP contribution in [0.2, 0.25) is 0 Å². The molecule has 3 rings (SSSR count). The monoisotopic (exact) mass is 358 g/mol. The average molecular weight is 358 g/mol. The molecule has 2 N–H and O–H groups in total. The van der Waals surface area contributed by atoms with Crippen molar-refractivity contribution in [1.29, 1.82) is 0 Å². The summed E-state index contributed by atoms with van der Waals surface area (Å²) >= 11 is 0. The van der Waals surface area contributed by atoms with E-state index in [4.69, 9.17) is 18.9 Å². The summed E-state index contributed by atoms with van der Waals surface area (Å²) in [6.07, 6.45) is 0.673. The lowest BCUT2D eigenvalue weighted by atomic mass is 10.0. The van der Waals surface area contributed by atoms with Crippen LogP contribution in [0.1, 0.15) is 5.56 Å². The van der Waals surface area contributed by atoms with E-state index in [1.54, 1.807) is 39.5 Å². The summed E-state index contributed by atoms with van der Waals surface area (Å²) in [4.78, 5) is 12.3. The van der Waals surface area contributed by atoms with Crippen LogP contribution < -0.4 is 29.6 Å². The summed E-state index contributed by atoms with van der Waals surface area (Å²) in [5.74, 6) is 2.74. The Kier molecular flexibility index (Phi) is 5.36. The first kappa shape index (κ1) is 17.7. The van der Waals surface area contributed by atoms with Gasteiger partial charge in [0.15, 0.2) is 11.5 Å². The van der Waals surface area contributed by atoms with Gasteiger partial charge in [-0.05, 0) is 42.3 Å². The van der Waals surface area contributed by atoms with Gasteiger partial charge >= 0.3 is 6.03 Å². The maximum absolute atomic E-state index is 12.3. The largest absolute Gasteiger partial charge is 0.497 e. The molecule has 0 bridgehead atoms. The van der Waals surface area contributed by atoms with Crippen molar-refractivity contribution in [2.75, 3.05) is 33.3 Å². The molecule has 0 aromatic heterocycles. The quantitative estimate of drug-likeness (QED) is 0.859. The van der Waals surface area contributed by atoms with Gasteiger partial charge in [0.2, 0.25) is 0 Å². The van der Waals surface area contributed by atoms with Crippen molar-refractivity contribution in [1.82, 2.24) is 5.32 Å². The Balaban J connectivity index is 1.62. The van der Waals surface area contributed by atoms with Crippen LogP contribution in [0, 0.1) is 0 Å². The first-order valence-electron chi connectivity index (χ1n) is 8.22. The smallest absolute Gasteiger partial charge is 0.319 e. The number of rotatable bonds is 5. The van der Waals surface area contributed by atoms with Crippen LogP contribution in [-0.4, -0.2) is 40.0 Å². The molecule has 138 valence electrons. The molecule has 7 heteroatoms. The average Bonchev–Trinajstić information content (AvgIpc) is 2.67. The fourth-order valence-electron chi connectivity index (χ4n) is 2.86. The molecule has 2 aromatic rings. The molecule has 2 aromatic carbocycles. The van der Waals surface area contributed by atoms with Gasteiger partial charge in [-0.15, -0.1) is 0 Å². The number of anilines is 1. The predicted molar refractivity (Wildman–Crippen MR) is 97.7 cm³/mol.